The van der Waals surface area contributed by atoms with Crippen molar-refractivity contribution in [3.63, 3.8) is 0 Å². The van der Waals surface area contributed by atoms with E-state index in [4.69, 9.17) is 4.74 Å². The van der Waals surface area contributed by atoms with Gasteiger partial charge in [0.25, 0.3) is 0 Å². The zero-order valence-electron chi connectivity index (χ0n) is 24.9. The van der Waals surface area contributed by atoms with Crippen LogP contribution < -0.4 is 4.90 Å². The number of imide groups is 1. The highest BCUT2D eigenvalue weighted by molar-refractivity contribution is 6.22. The number of rotatable bonds is 9. The minimum atomic E-state index is -0.493. The summed E-state index contributed by atoms with van der Waals surface area (Å²) < 4.78 is 6.18. The molecule has 0 N–H and O–H groups in total. The van der Waals surface area contributed by atoms with Crippen molar-refractivity contribution in [2.24, 2.45) is 17.3 Å². The summed E-state index contributed by atoms with van der Waals surface area (Å²) >= 11 is 0. The van der Waals surface area contributed by atoms with Crippen molar-refractivity contribution in [1.82, 2.24) is 4.90 Å². The number of amides is 2. The number of hydrogen-bond donors (Lipinski definition) is 0. The summed E-state index contributed by atoms with van der Waals surface area (Å²) in [6.45, 7) is 4.87. The molecule has 3 aliphatic rings. The predicted octanol–water partition coefficient (Wildman–Crippen LogP) is 6.56. The summed E-state index contributed by atoms with van der Waals surface area (Å²) in [5.74, 6) is -1.03. The maximum Gasteiger partial charge on any atom is 0.340 e. The zero-order valence-corrected chi connectivity index (χ0v) is 24.9. The third-order valence-corrected chi connectivity index (χ3v) is 9.39. The summed E-state index contributed by atoms with van der Waals surface area (Å²) in [5.41, 5.74) is 4.19. The second-order valence-electron chi connectivity index (χ2n) is 12.5. The Balaban J connectivity index is 1.24. The van der Waals surface area contributed by atoms with Gasteiger partial charge in [-0.25, -0.2) is 9.69 Å². The molecule has 6 rings (SSSR count). The maximum absolute atomic E-state index is 13.7. The largest absolute Gasteiger partial charge is 0.461 e. The molecule has 2 bridgehead atoms. The predicted molar refractivity (Wildman–Crippen MR) is 168 cm³/mol. The van der Waals surface area contributed by atoms with Gasteiger partial charge in [-0.1, -0.05) is 97.8 Å². The lowest BCUT2D eigenvalue weighted by Crippen LogP contribution is -2.53. The molecule has 3 fully saturated rings. The van der Waals surface area contributed by atoms with Crippen LogP contribution >= 0.6 is 0 Å². The van der Waals surface area contributed by atoms with E-state index in [-0.39, 0.29) is 35.8 Å². The Labute approximate surface area is 254 Å². The molecular formula is C37H40N2O4. The van der Waals surface area contributed by atoms with Crippen molar-refractivity contribution >= 4 is 29.5 Å². The van der Waals surface area contributed by atoms with Crippen LogP contribution in [-0.4, -0.2) is 48.9 Å². The number of carbonyl (C=O) groups excluding carboxylic acids is 3. The molecule has 6 heteroatoms. The number of piperidine rings is 1. The van der Waals surface area contributed by atoms with Crippen molar-refractivity contribution in [1.29, 1.82) is 0 Å². The van der Waals surface area contributed by atoms with E-state index in [0.29, 0.717) is 11.6 Å². The molecule has 1 saturated carbocycles. The van der Waals surface area contributed by atoms with Crippen LogP contribution in [0.5, 0.6) is 0 Å². The summed E-state index contributed by atoms with van der Waals surface area (Å²) in [5, 5.41) is 0. The van der Waals surface area contributed by atoms with Crippen molar-refractivity contribution in [2.75, 3.05) is 31.1 Å². The van der Waals surface area contributed by atoms with Crippen LogP contribution in [0.15, 0.2) is 90.5 Å². The van der Waals surface area contributed by atoms with E-state index in [1.54, 1.807) is 31.2 Å². The lowest BCUT2D eigenvalue weighted by atomic mass is 9.62. The van der Waals surface area contributed by atoms with Crippen LogP contribution in [0.3, 0.4) is 0 Å². The highest BCUT2D eigenvalue weighted by atomic mass is 16.5. The fourth-order valence-electron chi connectivity index (χ4n) is 7.27. The monoisotopic (exact) mass is 576 g/mol. The summed E-state index contributed by atoms with van der Waals surface area (Å²) in [6, 6.07) is 27.9. The molecule has 3 aromatic carbocycles. The second kappa shape index (κ2) is 12.7. The molecule has 0 aromatic heterocycles. The minimum absolute atomic E-state index is 0.153. The molecule has 3 atom stereocenters. The summed E-state index contributed by atoms with van der Waals surface area (Å²) in [4.78, 5) is 42.9. The first-order valence-electron chi connectivity index (χ1n) is 15.6. The first-order valence-corrected chi connectivity index (χ1v) is 15.6. The smallest absolute Gasteiger partial charge is 0.340 e. The Kier molecular flexibility index (Phi) is 8.57. The Morgan fingerprint density at radius 3 is 2.44 bits per heavy atom. The molecule has 2 amide bonds. The molecular weight excluding hydrogens is 536 g/mol. The molecule has 0 spiro atoms. The van der Waals surface area contributed by atoms with Crippen molar-refractivity contribution in [3.8, 4) is 0 Å². The number of ether oxygens (including phenoxy) is 1. The first-order chi connectivity index (χ1) is 20.9. The topological polar surface area (TPSA) is 66.9 Å². The van der Waals surface area contributed by atoms with E-state index in [1.165, 1.54) is 16.7 Å². The van der Waals surface area contributed by atoms with Crippen molar-refractivity contribution in [2.45, 2.75) is 45.4 Å². The molecule has 0 radical (unpaired) electrons. The number of carbonyl (C=O) groups is 3. The number of benzene rings is 3. The number of fused-ring (bicyclic) bond motifs is 2. The van der Waals surface area contributed by atoms with Crippen LogP contribution in [0.25, 0.3) is 6.08 Å². The summed E-state index contributed by atoms with van der Waals surface area (Å²) in [6.07, 6.45) is 7.78. The lowest BCUT2D eigenvalue weighted by Gasteiger charge is -2.51. The van der Waals surface area contributed by atoms with Gasteiger partial charge in [0.15, 0.2) is 0 Å². The van der Waals surface area contributed by atoms with Gasteiger partial charge in [0, 0.05) is 30.8 Å². The minimum Gasteiger partial charge on any atom is -0.461 e. The van der Waals surface area contributed by atoms with E-state index in [2.05, 4.69) is 65.6 Å². The zero-order chi connectivity index (χ0) is 29.8. The Hall–Kier alpha value is -4.03. The number of anilines is 1. The summed E-state index contributed by atoms with van der Waals surface area (Å²) in [7, 11) is 0. The van der Waals surface area contributed by atoms with E-state index in [9.17, 15) is 14.4 Å². The van der Waals surface area contributed by atoms with Crippen LogP contribution in [0.2, 0.25) is 0 Å². The fourth-order valence-corrected chi connectivity index (χ4v) is 7.27. The van der Waals surface area contributed by atoms with Gasteiger partial charge in [-0.05, 0) is 61.4 Å². The van der Waals surface area contributed by atoms with E-state index >= 15 is 0 Å². The molecule has 2 heterocycles. The van der Waals surface area contributed by atoms with Gasteiger partial charge in [0.1, 0.15) is 6.61 Å². The Bertz CT molecular complexity index is 1500. The van der Waals surface area contributed by atoms with Gasteiger partial charge in [-0.3, -0.25) is 9.59 Å². The van der Waals surface area contributed by atoms with Gasteiger partial charge in [-0.15, -0.1) is 0 Å². The lowest BCUT2D eigenvalue weighted by molar-refractivity contribution is -0.122. The third kappa shape index (κ3) is 6.21. The van der Waals surface area contributed by atoms with Crippen molar-refractivity contribution in [3.05, 3.63) is 107 Å². The Morgan fingerprint density at radius 1 is 0.977 bits per heavy atom. The number of hydrogen-bond acceptors (Lipinski definition) is 5. The normalized spacial score (nSPS) is 24.9. The number of nitrogens with zero attached hydrogens (tertiary/aromatic N) is 2. The third-order valence-electron chi connectivity index (χ3n) is 9.39. The first kappa shape index (κ1) is 29.1. The van der Waals surface area contributed by atoms with E-state index in [1.807, 2.05) is 6.07 Å². The van der Waals surface area contributed by atoms with Gasteiger partial charge in [-0.2, -0.15) is 0 Å². The standard InChI is InChI=1S/C37H40N2O4/c1-27-22-34(40)39(35(27)41)33-19-9-8-18-31(33)36(42)43-26-37-20-10-17-30(32(37)23-29-14-6-3-7-15-29)24-38(25-37)21-11-16-28-12-4-2-5-13-28/h2-9,12-15,18-19,23,27,30H,10-11,16-17,20-22,24-26H2,1H3/t27?,30-,37+/m1/s1. The molecule has 43 heavy (non-hydrogen) atoms. The Morgan fingerprint density at radius 2 is 1.70 bits per heavy atom. The molecule has 2 aliphatic heterocycles. The number of aryl methyl sites for hydroxylation is 1. The number of para-hydroxylation sites is 1. The molecule has 1 unspecified atom stereocenters. The SMILES string of the molecule is CC1CC(=O)N(c2ccccc2C(=O)OC[C@]23CCC[C@H](CN(CCCc4ccccc4)C2)C3=Cc2ccccc2)C1=O. The fraction of sp³-hybridized carbons (Fsp3) is 0.378. The molecule has 6 nitrogen and oxygen atoms in total. The van der Waals surface area contributed by atoms with Gasteiger partial charge < -0.3 is 9.64 Å². The quantitative estimate of drug-likeness (QED) is 0.213. The van der Waals surface area contributed by atoms with Crippen LogP contribution in [0.1, 0.15) is 60.5 Å². The molecule has 222 valence electrons. The van der Waals surface area contributed by atoms with Gasteiger partial charge >= 0.3 is 5.97 Å². The van der Waals surface area contributed by atoms with Gasteiger partial charge in [0.2, 0.25) is 11.8 Å². The van der Waals surface area contributed by atoms with Gasteiger partial charge in [0.05, 0.1) is 11.3 Å². The average Bonchev–Trinajstić information content (AvgIpc) is 3.27. The number of likely N-dealkylation sites (tertiary alicyclic amines) is 1. The highest BCUT2D eigenvalue weighted by Gasteiger charge is 2.47. The highest BCUT2D eigenvalue weighted by Crippen LogP contribution is 2.49. The maximum atomic E-state index is 13.7. The second-order valence-corrected chi connectivity index (χ2v) is 12.5. The molecule has 1 aliphatic carbocycles. The van der Waals surface area contributed by atoms with E-state index in [0.717, 1.165) is 56.6 Å². The van der Waals surface area contributed by atoms with Crippen LogP contribution in [0.4, 0.5) is 5.69 Å². The number of esters is 1. The van der Waals surface area contributed by atoms with Crippen LogP contribution in [-0.2, 0) is 20.7 Å². The average molecular weight is 577 g/mol. The van der Waals surface area contributed by atoms with E-state index < -0.39 is 11.9 Å². The van der Waals surface area contributed by atoms with Crippen molar-refractivity contribution < 1.29 is 19.1 Å². The van der Waals surface area contributed by atoms with Crippen LogP contribution in [0, 0.1) is 17.3 Å². The molecule has 3 aromatic rings. The molecule has 2 saturated heterocycles.